The van der Waals surface area contributed by atoms with Crippen molar-refractivity contribution < 1.29 is 0 Å². The molecule has 1 N–H and O–H groups in total. The van der Waals surface area contributed by atoms with Crippen molar-refractivity contribution in [3.63, 3.8) is 0 Å². The van der Waals surface area contributed by atoms with Crippen LogP contribution in [-0.4, -0.2) is 47.2 Å². The topological polar surface area (TPSA) is 33.1 Å². The third-order valence-corrected chi connectivity index (χ3v) is 4.27. The Bertz CT molecular complexity index is 404. The number of nitrogens with one attached hydrogen (secondary N) is 1. The van der Waals surface area contributed by atoms with Gasteiger partial charge in [-0.05, 0) is 32.6 Å². The first-order valence-corrected chi connectivity index (χ1v) is 7.32. The van der Waals surface area contributed by atoms with Gasteiger partial charge in [0.25, 0.3) is 0 Å². The molecule has 0 spiro atoms. The SMILES string of the molecule is Cc1nc2c(n1CCN1CCNCC1)CCCC2. The van der Waals surface area contributed by atoms with Crippen molar-refractivity contribution in [2.75, 3.05) is 32.7 Å². The zero-order chi connectivity index (χ0) is 12.4. The fourth-order valence-electron chi connectivity index (χ4n) is 3.21. The van der Waals surface area contributed by atoms with Gasteiger partial charge >= 0.3 is 0 Å². The van der Waals surface area contributed by atoms with E-state index in [2.05, 4.69) is 21.7 Å². The Morgan fingerprint density at radius 2 is 1.89 bits per heavy atom. The molecule has 4 heteroatoms. The van der Waals surface area contributed by atoms with Crippen LogP contribution < -0.4 is 5.32 Å². The molecule has 2 heterocycles. The molecule has 0 unspecified atom stereocenters. The average molecular weight is 248 g/mol. The summed E-state index contributed by atoms with van der Waals surface area (Å²) in [7, 11) is 0. The molecule has 1 aromatic rings. The van der Waals surface area contributed by atoms with Crippen LogP contribution in [0.5, 0.6) is 0 Å². The zero-order valence-corrected chi connectivity index (χ0v) is 11.4. The molecule has 1 fully saturated rings. The van der Waals surface area contributed by atoms with Gasteiger partial charge in [-0.1, -0.05) is 0 Å². The second-order valence-electron chi connectivity index (χ2n) is 5.50. The molecule has 1 aliphatic carbocycles. The molecule has 0 aromatic carbocycles. The second-order valence-corrected chi connectivity index (χ2v) is 5.50. The number of aryl methyl sites for hydroxylation is 2. The van der Waals surface area contributed by atoms with Gasteiger partial charge in [-0.25, -0.2) is 4.98 Å². The second kappa shape index (κ2) is 5.41. The Labute approximate surface area is 109 Å². The lowest BCUT2D eigenvalue weighted by molar-refractivity contribution is 0.231. The summed E-state index contributed by atoms with van der Waals surface area (Å²) in [5.41, 5.74) is 2.90. The van der Waals surface area contributed by atoms with E-state index in [9.17, 15) is 0 Å². The quantitative estimate of drug-likeness (QED) is 0.865. The van der Waals surface area contributed by atoms with E-state index in [0.29, 0.717) is 0 Å². The summed E-state index contributed by atoms with van der Waals surface area (Å²) < 4.78 is 2.47. The normalized spacial score (nSPS) is 20.9. The largest absolute Gasteiger partial charge is 0.331 e. The van der Waals surface area contributed by atoms with Crippen molar-refractivity contribution >= 4 is 0 Å². The number of fused-ring (bicyclic) bond motifs is 1. The first-order chi connectivity index (χ1) is 8.84. The lowest BCUT2D eigenvalue weighted by atomic mass is 10.0. The third kappa shape index (κ3) is 2.45. The van der Waals surface area contributed by atoms with Crippen molar-refractivity contribution in [2.24, 2.45) is 0 Å². The Morgan fingerprint density at radius 3 is 2.72 bits per heavy atom. The zero-order valence-electron chi connectivity index (χ0n) is 11.4. The van der Waals surface area contributed by atoms with Crippen molar-refractivity contribution in [1.82, 2.24) is 19.8 Å². The molecule has 100 valence electrons. The van der Waals surface area contributed by atoms with Crippen LogP contribution in [0.1, 0.15) is 30.1 Å². The number of piperazine rings is 1. The van der Waals surface area contributed by atoms with Crippen molar-refractivity contribution in [3.05, 3.63) is 17.2 Å². The fraction of sp³-hybridized carbons (Fsp3) is 0.786. The Balaban J connectivity index is 1.66. The lowest BCUT2D eigenvalue weighted by Crippen LogP contribution is -2.44. The molecule has 0 bridgehead atoms. The van der Waals surface area contributed by atoms with E-state index in [1.807, 2.05) is 0 Å². The average Bonchev–Trinajstić information content (AvgIpc) is 2.73. The van der Waals surface area contributed by atoms with E-state index in [1.165, 1.54) is 62.5 Å². The summed E-state index contributed by atoms with van der Waals surface area (Å²) in [4.78, 5) is 7.31. The number of rotatable bonds is 3. The molecule has 3 rings (SSSR count). The van der Waals surface area contributed by atoms with Gasteiger partial charge < -0.3 is 9.88 Å². The maximum Gasteiger partial charge on any atom is 0.106 e. The first kappa shape index (κ1) is 12.2. The first-order valence-electron chi connectivity index (χ1n) is 7.32. The molecular formula is C14H24N4. The van der Waals surface area contributed by atoms with Crippen LogP contribution in [0.4, 0.5) is 0 Å². The van der Waals surface area contributed by atoms with Crippen molar-refractivity contribution in [1.29, 1.82) is 0 Å². The molecule has 0 atom stereocenters. The predicted octanol–water partition coefficient (Wildman–Crippen LogP) is 0.976. The molecule has 0 saturated carbocycles. The third-order valence-electron chi connectivity index (χ3n) is 4.27. The van der Waals surface area contributed by atoms with Gasteiger partial charge in [-0.2, -0.15) is 0 Å². The van der Waals surface area contributed by atoms with E-state index in [1.54, 1.807) is 0 Å². The summed E-state index contributed by atoms with van der Waals surface area (Å²) in [5, 5.41) is 3.41. The van der Waals surface area contributed by atoms with E-state index < -0.39 is 0 Å². The van der Waals surface area contributed by atoms with Gasteiger partial charge in [0.05, 0.1) is 5.69 Å². The lowest BCUT2D eigenvalue weighted by Gasteiger charge is -2.27. The molecule has 1 aromatic heterocycles. The maximum atomic E-state index is 4.75. The standard InChI is InChI=1S/C14H24N4/c1-12-16-13-4-2-3-5-14(13)18(12)11-10-17-8-6-15-7-9-17/h15H,2-11H2,1H3. The summed E-state index contributed by atoms with van der Waals surface area (Å²) in [6.07, 6.45) is 5.08. The number of nitrogens with zero attached hydrogens (tertiary/aromatic N) is 3. The van der Waals surface area contributed by atoms with Crippen LogP contribution in [0.25, 0.3) is 0 Å². The van der Waals surface area contributed by atoms with Crippen LogP contribution in [0.3, 0.4) is 0 Å². The number of imidazole rings is 1. The minimum absolute atomic E-state index is 1.12. The highest BCUT2D eigenvalue weighted by atomic mass is 15.2. The minimum Gasteiger partial charge on any atom is -0.331 e. The fourth-order valence-corrected chi connectivity index (χ4v) is 3.21. The monoisotopic (exact) mass is 248 g/mol. The van der Waals surface area contributed by atoms with Gasteiger partial charge in [0.2, 0.25) is 0 Å². The van der Waals surface area contributed by atoms with Crippen LogP contribution in [0.15, 0.2) is 0 Å². The molecule has 1 saturated heterocycles. The van der Waals surface area contributed by atoms with Gasteiger partial charge in [-0.3, -0.25) is 4.90 Å². The predicted molar refractivity (Wildman–Crippen MR) is 72.9 cm³/mol. The smallest absolute Gasteiger partial charge is 0.106 e. The van der Waals surface area contributed by atoms with Crippen molar-refractivity contribution in [3.8, 4) is 0 Å². The van der Waals surface area contributed by atoms with Crippen LogP contribution in [0, 0.1) is 6.92 Å². The van der Waals surface area contributed by atoms with E-state index in [0.717, 1.165) is 19.6 Å². The van der Waals surface area contributed by atoms with Gasteiger partial charge in [0, 0.05) is 45.0 Å². The molecule has 18 heavy (non-hydrogen) atoms. The van der Waals surface area contributed by atoms with Crippen LogP contribution in [-0.2, 0) is 19.4 Å². The molecule has 4 nitrogen and oxygen atoms in total. The number of hydrogen-bond donors (Lipinski definition) is 1. The maximum absolute atomic E-state index is 4.75. The Hall–Kier alpha value is -0.870. The Kier molecular flexibility index (Phi) is 3.66. The Morgan fingerprint density at radius 1 is 1.11 bits per heavy atom. The summed E-state index contributed by atoms with van der Waals surface area (Å²) in [6.45, 7) is 9.11. The molecule has 2 aliphatic rings. The molecular weight excluding hydrogens is 224 g/mol. The summed E-state index contributed by atoms with van der Waals surface area (Å²) in [5.74, 6) is 1.22. The molecule has 0 amide bonds. The highest BCUT2D eigenvalue weighted by Crippen LogP contribution is 2.21. The van der Waals surface area contributed by atoms with E-state index in [4.69, 9.17) is 4.98 Å². The van der Waals surface area contributed by atoms with E-state index in [-0.39, 0.29) is 0 Å². The number of aromatic nitrogens is 2. The highest BCUT2D eigenvalue weighted by molar-refractivity contribution is 5.19. The van der Waals surface area contributed by atoms with E-state index >= 15 is 0 Å². The summed E-state index contributed by atoms with van der Waals surface area (Å²) >= 11 is 0. The van der Waals surface area contributed by atoms with Crippen molar-refractivity contribution in [2.45, 2.75) is 39.2 Å². The molecule has 0 radical (unpaired) electrons. The summed E-state index contributed by atoms with van der Waals surface area (Å²) in [6, 6.07) is 0. The van der Waals surface area contributed by atoms with Gasteiger partial charge in [0.15, 0.2) is 0 Å². The van der Waals surface area contributed by atoms with Crippen LogP contribution >= 0.6 is 0 Å². The minimum atomic E-state index is 1.12. The number of hydrogen-bond acceptors (Lipinski definition) is 3. The van der Waals surface area contributed by atoms with Gasteiger partial charge in [-0.15, -0.1) is 0 Å². The highest BCUT2D eigenvalue weighted by Gasteiger charge is 2.18. The van der Waals surface area contributed by atoms with Crippen LogP contribution in [0.2, 0.25) is 0 Å². The van der Waals surface area contributed by atoms with Gasteiger partial charge in [0.1, 0.15) is 5.82 Å². The molecule has 1 aliphatic heterocycles.